The summed E-state index contributed by atoms with van der Waals surface area (Å²) in [6.45, 7) is 0. The summed E-state index contributed by atoms with van der Waals surface area (Å²) < 4.78 is 8.86. The van der Waals surface area contributed by atoms with Crippen molar-refractivity contribution >= 4 is 5.82 Å². The molecule has 0 aliphatic heterocycles. The highest BCUT2D eigenvalue weighted by Crippen LogP contribution is 2.40. The predicted molar refractivity (Wildman–Crippen MR) is 81.8 cm³/mol. The molecule has 0 amide bonds. The van der Waals surface area contributed by atoms with Crippen LogP contribution in [-0.4, -0.2) is 26.7 Å². The van der Waals surface area contributed by atoms with Crippen LogP contribution in [0.5, 0.6) is 5.75 Å². The average Bonchev–Trinajstić information content (AvgIpc) is 3.04. The summed E-state index contributed by atoms with van der Waals surface area (Å²) in [5.74, 6) is 1.36. The molecule has 0 fully saturated rings. The average molecular weight is 283 g/mol. The molecule has 21 heavy (non-hydrogen) atoms. The summed E-state index contributed by atoms with van der Waals surface area (Å²) in [4.78, 5) is 0. The zero-order valence-electron chi connectivity index (χ0n) is 12.2. The van der Waals surface area contributed by atoms with Crippen LogP contribution in [0.3, 0.4) is 0 Å². The maximum atomic E-state index is 6.22. The van der Waals surface area contributed by atoms with Crippen molar-refractivity contribution < 1.29 is 4.74 Å². The molecule has 3 aromatic rings. The van der Waals surface area contributed by atoms with Gasteiger partial charge in [-0.1, -0.05) is 18.2 Å². The van der Waals surface area contributed by atoms with Crippen molar-refractivity contribution in [1.29, 1.82) is 0 Å². The molecule has 0 bridgehead atoms. The number of rotatable bonds is 3. The fraction of sp³-hybridized carbons (Fsp3) is 0.200. The molecule has 0 saturated carbocycles. The third-order valence-electron chi connectivity index (χ3n) is 3.45. The smallest absolute Gasteiger partial charge is 0.130 e. The number of hydrogen-bond donors (Lipinski definition) is 1. The van der Waals surface area contributed by atoms with Crippen LogP contribution in [0.15, 0.2) is 36.7 Å². The first-order valence-corrected chi connectivity index (χ1v) is 6.56. The van der Waals surface area contributed by atoms with E-state index in [4.69, 9.17) is 10.5 Å². The molecule has 0 radical (unpaired) electrons. The monoisotopic (exact) mass is 283 g/mol. The van der Waals surface area contributed by atoms with Crippen LogP contribution in [0.4, 0.5) is 5.82 Å². The number of aromatic nitrogens is 4. The summed E-state index contributed by atoms with van der Waals surface area (Å²) in [6, 6.07) is 7.77. The summed E-state index contributed by atoms with van der Waals surface area (Å²) >= 11 is 0. The first-order valence-electron chi connectivity index (χ1n) is 6.56. The molecule has 2 N–H and O–H groups in total. The van der Waals surface area contributed by atoms with E-state index in [1.54, 1.807) is 22.7 Å². The van der Waals surface area contributed by atoms with Gasteiger partial charge in [0, 0.05) is 31.4 Å². The van der Waals surface area contributed by atoms with Crippen molar-refractivity contribution in [2.24, 2.45) is 14.1 Å². The van der Waals surface area contributed by atoms with Gasteiger partial charge in [0.05, 0.1) is 18.9 Å². The zero-order valence-corrected chi connectivity index (χ0v) is 12.2. The number of para-hydroxylation sites is 1. The van der Waals surface area contributed by atoms with Gasteiger partial charge >= 0.3 is 0 Å². The Kier molecular flexibility index (Phi) is 3.13. The Morgan fingerprint density at radius 1 is 1.19 bits per heavy atom. The summed E-state index contributed by atoms with van der Waals surface area (Å²) in [5, 5.41) is 8.73. The molecule has 0 saturated heterocycles. The van der Waals surface area contributed by atoms with Crippen LogP contribution in [0.1, 0.15) is 0 Å². The van der Waals surface area contributed by atoms with Gasteiger partial charge in [-0.15, -0.1) is 0 Å². The molecule has 108 valence electrons. The SMILES string of the molecule is COc1ccccc1-c1c(-c2cnn(C)c2)nn(C)c1N. The van der Waals surface area contributed by atoms with Crippen molar-refractivity contribution in [3.8, 4) is 28.1 Å². The molecule has 0 unspecified atom stereocenters. The number of nitrogens with zero attached hydrogens (tertiary/aromatic N) is 4. The van der Waals surface area contributed by atoms with Crippen molar-refractivity contribution in [1.82, 2.24) is 19.6 Å². The fourth-order valence-corrected chi connectivity index (χ4v) is 2.40. The van der Waals surface area contributed by atoms with E-state index in [1.807, 2.05) is 44.6 Å². The van der Waals surface area contributed by atoms with E-state index in [0.29, 0.717) is 5.82 Å². The molecule has 2 aromatic heterocycles. The van der Waals surface area contributed by atoms with Crippen LogP contribution in [-0.2, 0) is 14.1 Å². The highest BCUT2D eigenvalue weighted by Gasteiger charge is 2.20. The number of hydrogen-bond acceptors (Lipinski definition) is 4. The Morgan fingerprint density at radius 3 is 2.62 bits per heavy atom. The first-order chi connectivity index (χ1) is 10.1. The number of methoxy groups -OCH3 is 1. The second kappa shape index (κ2) is 4.97. The molecule has 1 aromatic carbocycles. The van der Waals surface area contributed by atoms with Crippen LogP contribution in [0, 0.1) is 0 Å². The quantitative estimate of drug-likeness (QED) is 0.799. The minimum absolute atomic E-state index is 0.596. The molecular weight excluding hydrogens is 266 g/mol. The third-order valence-corrected chi connectivity index (χ3v) is 3.45. The van der Waals surface area contributed by atoms with Crippen LogP contribution < -0.4 is 10.5 Å². The van der Waals surface area contributed by atoms with Crippen molar-refractivity contribution in [2.75, 3.05) is 12.8 Å². The number of nitrogen functional groups attached to an aromatic ring is 1. The maximum Gasteiger partial charge on any atom is 0.130 e. The van der Waals surface area contributed by atoms with E-state index in [0.717, 1.165) is 28.1 Å². The van der Waals surface area contributed by atoms with E-state index in [9.17, 15) is 0 Å². The van der Waals surface area contributed by atoms with Crippen LogP contribution in [0.25, 0.3) is 22.4 Å². The van der Waals surface area contributed by atoms with Gasteiger partial charge in [-0.3, -0.25) is 9.36 Å². The van der Waals surface area contributed by atoms with Gasteiger partial charge in [0.1, 0.15) is 17.3 Å². The number of anilines is 1. The topological polar surface area (TPSA) is 70.9 Å². The minimum atomic E-state index is 0.596. The van der Waals surface area contributed by atoms with E-state index >= 15 is 0 Å². The molecule has 0 spiro atoms. The Morgan fingerprint density at radius 2 is 1.95 bits per heavy atom. The Labute approximate surface area is 122 Å². The van der Waals surface area contributed by atoms with E-state index in [1.165, 1.54) is 0 Å². The number of benzene rings is 1. The van der Waals surface area contributed by atoms with Crippen molar-refractivity contribution in [3.63, 3.8) is 0 Å². The van der Waals surface area contributed by atoms with Gasteiger partial charge in [0.25, 0.3) is 0 Å². The minimum Gasteiger partial charge on any atom is -0.496 e. The molecule has 0 atom stereocenters. The second-order valence-electron chi connectivity index (χ2n) is 4.84. The predicted octanol–water partition coefficient (Wildman–Crippen LogP) is 2.08. The second-order valence-corrected chi connectivity index (χ2v) is 4.84. The van der Waals surface area contributed by atoms with Crippen molar-refractivity contribution in [2.45, 2.75) is 0 Å². The summed E-state index contributed by atoms with van der Waals surface area (Å²) in [6.07, 6.45) is 3.70. The molecule has 0 aliphatic rings. The highest BCUT2D eigenvalue weighted by atomic mass is 16.5. The van der Waals surface area contributed by atoms with Crippen LogP contribution >= 0.6 is 0 Å². The lowest BCUT2D eigenvalue weighted by Crippen LogP contribution is -1.98. The first kappa shape index (κ1) is 13.2. The summed E-state index contributed by atoms with van der Waals surface area (Å²) in [7, 11) is 5.35. The van der Waals surface area contributed by atoms with Gasteiger partial charge in [-0.25, -0.2) is 0 Å². The fourth-order valence-electron chi connectivity index (χ4n) is 2.40. The molecule has 6 nitrogen and oxygen atoms in total. The van der Waals surface area contributed by atoms with Gasteiger partial charge in [-0.2, -0.15) is 10.2 Å². The van der Waals surface area contributed by atoms with Gasteiger partial charge < -0.3 is 10.5 Å². The van der Waals surface area contributed by atoms with E-state index < -0.39 is 0 Å². The molecular formula is C15H17N5O. The summed E-state index contributed by atoms with van der Waals surface area (Å²) in [5.41, 5.74) is 9.73. The lowest BCUT2D eigenvalue weighted by Gasteiger charge is -2.08. The standard InChI is InChI=1S/C15H17N5O/c1-19-9-10(8-17-19)14-13(15(16)20(2)18-14)11-6-4-5-7-12(11)21-3/h4-9H,16H2,1-3H3. The maximum absolute atomic E-state index is 6.22. The number of aryl methyl sites for hydroxylation is 2. The van der Waals surface area contributed by atoms with Gasteiger partial charge in [-0.05, 0) is 6.07 Å². The van der Waals surface area contributed by atoms with Crippen molar-refractivity contribution in [3.05, 3.63) is 36.7 Å². The lowest BCUT2D eigenvalue weighted by molar-refractivity contribution is 0.416. The molecule has 0 aliphatic carbocycles. The molecule has 6 heteroatoms. The highest BCUT2D eigenvalue weighted by molar-refractivity contribution is 5.90. The third kappa shape index (κ3) is 2.14. The van der Waals surface area contributed by atoms with E-state index in [-0.39, 0.29) is 0 Å². The zero-order chi connectivity index (χ0) is 15.0. The Hall–Kier alpha value is -2.76. The molecule has 2 heterocycles. The number of nitrogens with two attached hydrogens (primary N) is 1. The van der Waals surface area contributed by atoms with Crippen LogP contribution in [0.2, 0.25) is 0 Å². The Bertz CT molecular complexity index is 787. The normalized spacial score (nSPS) is 10.8. The van der Waals surface area contributed by atoms with Gasteiger partial charge in [0.15, 0.2) is 0 Å². The Balaban J connectivity index is 2.27. The molecule has 3 rings (SSSR count). The largest absolute Gasteiger partial charge is 0.496 e. The lowest BCUT2D eigenvalue weighted by atomic mass is 10.0. The van der Waals surface area contributed by atoms with Gasteiger partial charge in [0.2, 0.25) is 0 Å². The van der Waals surface area contributed by atoms with E-state index in [2.05, 4.69) is 10.2 Å². The number of ether oxygens (including phenoxy) is 1.